The average molecular weight is 347 g/mol. The number of hydrogen-bond acceptors (Lipinski definition) is 5. The number of hydrazone groups is 1. The fourth-order valence-corrected chi connectivity index (χ4v) is 2.51. The molecule has 1 aromatic heterocycles. The van der Waals surface area contributed by atoms with E-state index in [1.54, 1.807) is 6.92 Å². The van der Waals surface area contributed by atoms with Crippen molar-refractivity contribution in [3.05, 3.63) is 71.9 Å². The summed E-state index contributed by atoms with van der Waals surface area (Å²) in [5, 5.41) is 5.33. The molecule has 0 saturated heterocycles. The van der Waals surface area contributed by atoms with Gasteiger partial charge < -0.3 is 4.74 Å². The predicted octanol–water partition coefficient (Wildman–Crippen LogP) is 4.12. The quantitative estimate of drug-likeness (QED) is 0.414. The molecular formula is C21H21N3O2. The van der Waals surface area contributed by atoms with Crippen molar-refractivity contribution >= 4 is 28.3 Å². The van der Waals surface area contributed by atoms with Crippen LogP contribution in [0.1, 0.15) is 18.2 Å². The molecule has 132 valence electrons. The van der Waals surface area contributed by atoms with Gasteiger partial charge in [0.2, 0.25) is 0 Å². The van der Waals surface area contributed by atoms with E-state index in [0.29, 0.717) is 13.0 Å². The van der Waals surface area contributed by atoms with Gasteiger partial charge >= 0.3 is 5.97 Å². The lowest BCUT2D eigenvalue weighted by Gasteiger charge is -2.08. The molecule has 0 aliphatic rings. The van der Waals surface area contributed by atoms with Crippen molar-refractivity contribution in [2.45, 2.75) is 20.3 Å². The number of aromatic nitrogens is 1. The van der Waals surface area contributed by atoms with Crippen molar-refractivity contribution in [1.29, 1.82) is 0 Å². The molecule has 0 bridgehead atoms. The molecule has 0 saturated carbocycles. The Hall–Kier alpha value is -3.21. The molecular weight excluding hydrogens is 326 g/mol. The number of pyridine rings is 1. The molecule has 0 aliphatic carbocycles. The number of benzene rings is 2. The summed E-state index contributed by atoms with van der Waals surface area (Å²) >= 11 is 0. The molecule has 1 heterocycles. The molecule has 2 aromatic carbocycles. The summed E-state index contributed by atoms with van der Waals surface area (Å²) in [6.45, 7) is 4.09. The third kappa shape index (κ3) is 4.45. The predicted molar refractivity (Wildman–Crippen MR) is 104 cm³/mol. The normalized spacial score (nSPS) is 11.4. The first kappa shape index (κ1) is 17.6. The Bertz CT molecular complexity index is 933. The maximum Gasteiger partial charge on any atom is 0.354 e. The molecule has 3 rings (SSSR count). The minimum atomic E-state index is -0.443. The number of rotatable bonds is 6. The first-order valence-electron chi connectivity index (χ1n) is 8.56. The lowest BCUT2D eigenvalue weighted by Crippen LogP contribution is -2.22. The fourth-order valence-electron chi connectivity index (χ4n) is 2.51. The number of ether oxygens (including phenoxy) is 1. The summed E-state index contributed by atoms with van der Waals surface area (Å²) in [6.07, 6.45) is 0.294. The Morgan fingerprint density at radius 3 is 2.62 bits per heavy atom. The van der Waals surface area contributed by atoms with E-state index in [9.17, 15) is 4.79 Å². The SMILES string of the molecule is CCOC(=O)/C(Cc1ccc2ccccc2n1)=N/Nc1ccc(C)cc1. The van der Waals surface area contributed by atoms with Gasteiger partial charge in [-0.2, -0.15) is 5.10 Å². The highest BCUT2D eigenvalue weighted by atomic mass is 16.5. The number of hydrogen-bond donors (Lipinski definition) is 1. The molecule has 0 radical (unpaired) electrons. The summed E-state index contributed by atoms with van der Waals surface area (Å²) in [7, 11) is 0. The second-order valence-corrected chi connectivity index (χ2v) is 5.93. The summed E-state index contributed by atoms with van der Waals surface area (Å²) in [5.41, 5.74) is 6.84. The van der Waals surface area contributed by atoms with E-state index in [1.807, 2.05) is 67.6 Å². The van der Waals surface area contributed by atoms with E-state index in [4.69, 9.17) is 4.74 Å². The lowest BCUT2D eigenvalue weighted by molar-refractivity contribution is -0.135. The molecule has 0 spiro atoms. The minimum absolute atomic E-state index is 0.287. The van der Waals surface area contributed by atoms with Gasteiger partial charge in [0.25, 0.3) is 0 Å². The number of nitrogens with one attached hydrogen (secondary N) is 1. The fraction of sp³-hybridized carbons (Fsp3) is 0.190. The smallest absolute Gasteiger partial charge is 0.354 e. The van der Waals surface area contributed by atoms with Gasteiger partial charge in [-0.05, 0) is 38.1 Å². The van der Waals surface area contributed by atoms with Gasteiger partial charge in [0, 0.05) is 17.5 Å². The van der Waals surface area contributed by atoms with Crippen LogP contribution in [-0.2, 0) is 16.0 Å². The van der Waals surface area contributed by atoms with E-state index in [1.165, 1.54) is 0 Å². The van der Waals surface area contributed by atoms with Crippen LogP contribution >= 0.6 is 0 Å². The zero-order chi connectivity index (χ0) is 18.4. The number of nitrogens with zero attached hydrogens (tertiary/aromatic N) is 2. The van der Waals surface area contributed by atoms with Crippen molar-refractivity contribution in [2.24, 2.45) is 5.10 Å². The van der Waals surface area contributed by atoms with Crippen LogP contribution in [0, 0.1) is 6.92 Å². The Kier molecular flexibility index (Phi) is 5.59. The van der Waals surface area contributed by atoms with E-state index >= 15 is 0 Å². The Balaban J connectivity index is 1.83. The molecule has 5 heteroatoms. The highest BCUT2D eigenvalue weighted by molar-refractivity contribution is 6.37. The first-order valence-corrected chi connectivity index (χ1v) is 8.56. The van der Waals surface area contributed by atoms with E-state index in [-0.39, 0.29) is 5.71 Å². The topological polar surface area (TPSA) is 63.6 Å². The van der Waals surface area contributed by atoms with Crippen molar-refractivity contribution < 1.29 is 9.53 Å². The Labute approximate surface area is 152 Å². The van der Waals surface area contributed by atoms with E-state index in [2.05, 4.69) is 15.5 Å². The van der Waals surface area contributed by atoms with Gasteiger partial charge in [-0.25, -0.2) is 4.79 Å². The number of esters is 1. The van der Waals surface area contributed by atoms with Crippen molar-refractivity contribution in [3.8, 4) is 0 Å². The maximum atomic E-state index is 12.3. The van der Waals surface area contributed by atoms with Gasteiger partial charge in [-0.3, -0.25) is 10.4 Å². The van der Waals surface area contributed by atoms with Gasteiger partial charge in [0.15, 0.2) is 5.71 Å². The molecule has 5 nitrogen and oxygen atoms in total. The summed E-state index contributed by atoms with van der Waals surface area (Å²) in [4.78, 5) is 16.9. The number of para-hydroxylation sites is 1. The molecule has 0 unspecified atom stereocenters. The van der Waals surface area contributed by atoms with Crippen LogP contribution in [0.2, 0.25) is 0 Å². The Morgan fingerprint density at radius 1 is 1.08 bits per heavy atom. The number of aryl methyl sites for hydroxylation is 1. The van der Waals surface area contributed by atoms with Crippen molar-refractivity contribution in [2.75, 3.05) is 12.0 Å². The number of fused-ring (bicyclic) bond motifs is 1. The molecule has 0 aliphatic heterocycles. The molecule has 0 fully saturated rings. The molecule has 26 heavy (non-hydrogen) atoms. The van der Waals surface area contributed by atoms with E-state index < -0.39 is 5.97 Å². The summed E-state index contributed by atoms with van der Waals surface area (Å²) in [5.74, 6) is -0.443. The van der Waals surface area contributed by atoms with Gasteiger partial charge in [-0.15, -0.1) is 0 Å². The second-order valence-electron chi connectivity index (χ2n) is 5.93. The van der Waals surface area contributed by atoms with Crippen LogP contribution in [-0.4, -0.2) is 23.3 Å². The zero-order valence-electron chi connectivity index (χ0n) is 14.9. The largest absolute Gasteiger partial charge is 0.461 e. The highest BCUT2D eigenvalue weighted by Crippen LogP contribution is 2.13. The summed E-state index contributed by atoms with van der Waals surface area (Å²) in [6, 6.07) is 19.6. The molecule has 0 amide bonds. The van der Waals surface area contributed by atoms with E-state index in [0.717, 1.165) is 27.8 Å². The van der Waals surface area contributed by atoms with Gasteiger partial charge in [-0.1, -0.05) is 42.0 Å². The van der Waals surface area contributed by atoms with Gasteiger partial charge in [0.05, 0.1) is 17.8 Å². The highest BCUT2D eigenvalue weighted by Gasteiger charge is 2.15. The Morgan fingerprint density at radius 2 is 1.85 bits per heavy atom. The second kappa shape index (κ2) is 8.25. The molecule has 0 atom stereocenters. The van der Waals surface area contributed by atoms with Crippen molar-refractivity contribution in [1.82, 2.24) is 4.98 Å². The van der Waals surface area contributed by atoms with Crippen LogP contribution in [0.4, 0.5) is 5.69 Å². The van der Waals surface area contributed by atoms with Crippen LogP contribution in [0.25, 0.3) is 10.9 Å². The minimum Gasteiger partial charge on any atom is -0.461 e. The number of anilines is 1. The summed E-state index contributed by atoms with van der Waals surface area (Å²) < 4.78 is 5.13. The number of carbonyl (C=O) groups is 1. The van der Waals surface area contributed by atoms with Crippen LogP contribution in [0.15, 0.2) is 65.8 Å². The standard InChI is InChI=1S/C21H21N3O2/c1-3-26-21(25)20(24-23-17-11-8-15(2)9-12-17)14-18-13-10-16-6-4-5-7-19(16)22-18/h4-13,23H,3,14H2,1-2H3/b24-20+. The lowest BCUT2D eigenvalue weighted by atomic mass is 10.1. The molecule has 3 aromatic rings. The monoisotopic (exact) mass is 347 g/mol. The van der Waals surface area contributed by atoms with Crippen LogP contribution in [0.5, 0.6) is 0 Å². The first-order chi connectivity index (χ1) is 12.7. The zero-order valence-corrected chi connectivity index (χ0v) is 14.9. The number of carbonyl (C=O) groups excluding carboxylic acids is 1. The van der Waals surface area contributed by atoms with Crippen LogP contribution in [0.3, 0.4) is 0 Å². The average Bonchev–Trinajstić information content (AvgIpc) is 2.66. The van der Waals surface area contributed by atoms with Crippen LogP contribution < -0.4 is 5.43 Å². The third-order valence-electron chi connectivity index (χ3n) is 3.89. The van der Waals surface area contributed by atoms with Crippen molar-refractivity contribution in [3.63, 3.8) is 0 Å². The maximum absolute atomic E-state index is 12.3. The third-order valence-corrected chi connectivity index (χ3v) is 3.89. The molecule has 1 N–H and O–H groups in total. The van der Waals surface area contributed by atoms with Gasteiger partial charge in [0.1, 0.15) is 0 Å².